The first kappa shape index (κ1) is 30.8. The van der Waals surface area contributed by atoms with Gasteiger partial charge in [-0.15, -0.1) is 0 Å². The zero-order valence-electron chi connectivity index (χ0n) is 23.9. The van der Waals surface area contributed by atoms with Crippen molar-refractivity contribution in [3.63, 3.8) is 0 Å². The minimum atomic E-state index is -0.765. The second-order valence-corrected chi connectivity index (χ2v) is 12.3. The molecule has 1 atom stereocenters. The molecule has 0 unspecified atom stereocenters. The number of esters is 1. The van der Waals surface area contributed by atoms with Crippen LogP contribution < -0.4 is 29.1 Å². The van der Waals surface area contributed by atoms with Crippen LogP contribution in [0.1, 0.15) is 36.6 Å². The van der Waals surface area contributed by atoms with Gasteiger partial charge >= 0.3 is 5.97 Å². The van der Waals surface area contributed by atoms with Crippen molar-refractivity contribution in [3.05, 3.63) is 117 Å². The predicted octanol–water partition coefficient (Wildman–Crippen LogP) is 5.92. The standard InChI is InChI=1S/C32H28Br2N2O6S/c1-5-41-31(38)28-18(2)35-32-36(29(28)21-9-13-25(39-3)26(16-21)40-4)30(37)27(43-32)15-20-8-12-24(23(34)14-20)42-17-19-6-10-22(33)11-7-19/h6-16,29H,5,17H2,1-4H3/b27-15-/t29-/m1/s1. The molecule has 0 saturated carbocycles. The van der Waals surface area contributed by atoms with Crippen LogP contribution in [0.5, 0.6) is 17.2 Å². The average Bonchev–Trinajstić information content (AvgIpc) is 3.30. The lowest BCUT2D eigenvalue weighted by Gasteiger charge is -2.25. The Labute approximate surface area is 269 Å². The van der Waals surface area contributed by atoms with E-state index < -0.39 is 12.0 Å². The molecule has 222 valence electrons. The first-order valence-electron chi connectivity index (χ1n) is 13.3. The highest BCUT2D eigenvalue weighted by Crippen LogP contribution is 2.36. The normalized spacial score (nSPS) is 14.7. The molecular formula is C32H28Br2N2O6S. The lowest BCUT2D eigenvalue weighted by atomic mass is 9.95. The van der Waals surface area contributed by atoms with Crippen molar-refractivity contribution in [1.29, 1.82) is 0 Å². The number of rotatable bonds is 9. The summed E-state index contributed by atoms with van der Waals surface area (Å²) in [5.74, 6) is 1.17. The van der Waals surface area contributed by atoms with E-state index in [-0.39, 0.29) is 12.2 Å². The molecule has 2 heterocycles. The highest BCUT2D eigenvalue weighted by Gasteiger charge is 2.34. The van der Waals surface area contributed by atoms with Crippen molar-refractivity contribution in [2.75, 3.05) is 20.8 Å². The number of hydrogen-bond donors (Lipinski definition) is 0. The summed E-state index contributed by atoms with van der Waals surface area (Å²) < 4.78 is 26.1. The third kappa shape index (κ3) is 6.48. The average molecular weight is 728 g/mol. The van der Waals surface area contributed by atoms with E-state index in [1.165, 1.54) is 18.4 Å². The van der Waals surface area contributed by atoms with Gasteiger partial charge in [-0.1, -0.05) is 51.5 Å². The molecule has 8 nitrogen and oxygen atoms in total. The fraction of sp³-hybridized carbons (Fsp3) is 0.219. The monoisotopic (exact) mass is 726 g/mol. The summed E-state index contributed by atoms with van der Waals surface area (Å²) in [4.78, 5) is 32.3. The summed E-state index contributed by atoms with van der Waals surface area (Å²) in [7, 11) is 3.09. The number of nitrogens with zero attached hydrogens (tertiary/aromatic N) is 2. The molecule has 0 spiro atoms. The fourth-order valence-electron chi connectivity index (χ4n) is 4.75. The first-order valence-corrected chi connectivity index (χ1v) is 15.7. The van der Waals surface area contributed by atoms with E-state index in [1.807, 2.05) is 54.6 Å². The number of hydrogen-bond acceptors (Lipinski definition) is 8. The van der Waals surface area contributed by atoms with E-state index in [2.05, 4.69) is 36.9 Å². The second-order valence-electron chi connectivity index (χ2n) is 9.52. The van der Waals surface area contributed by atoms with Gasteiger partial charge in [0, 0.05) is 4.47 Å². The lowest BCUT2D eigenvalue weighted by Crippen LogP contribution is -2.39. The van der Waals surface area contributed by atoms with Gasteiger partial charge in [0.05, 0.1) is 47.1 Å². The zero-order chi connectivity index (χ0) is 30.7. The number of carbonyl (C=O) groups excluding carboxylic acids is 1. The minimum Gasteiger partial charge on any atom is -0.493 e. The van der Waals surface area contributed by atoms with Crippen LogP contribution in [0, 0.1) is 0 Å². The molecule has 43 heavy (non-hydrogen) atoms. The zero-order valence-corrected chi connectivity index (χ0v) is 27.8. The molecule has 1 aliphatic heterocycles. The maximum Gasteiger partial charge on any atom is 0.338 e. The van der Waals surface area contributed by atoms with E-state index in [0.29, 0.717) is 50.0 Å². The van der Waals surface area contributed by atoms with Gasteiger partial charge in [0.25, 0.3) is 5.56 Å². The van der Waals surface area contributed by atoms with Crippen LogP contribution in [0.4, 0.5) is 0 Å². The molecular weight excluding hydrogens is 700 g/mol. The lowest BCUT2D eigenvalue weighted by molar-refractivity contribution is -0.139. The number of aromatic nitrogens is 1. The minimum absolute atomic E-state index is 0.191. The van der Waals surface area contributed by atoms with Gasteiger partial charge in [-0.25, -0.2) is 9.79 Å². The Hall–Kier alpha value is -3.67. The number of ether oxygens (including phenoxy) is 4. The summed E-state index contributed by atoms with van der Waals surface area (Å²) in [5, 5.41) is 0. The van der Waals surface area contributed by atoms with Crippen molar-refractivity contribution >= 4 is 55.2 Å². The van der Waals surface area contributed by atoms with Crippen LogP contribution in [0.2, 0.25) is 0 Å². The van der Waals surface area contributed by atoms with Crippen LogP contribution in [0.15, 0.2) is 90.7 Å². The van der Waals surface area contributed by atoms with Crippen molar-refractivity contribution < 1.29 is 23.7 Å². The van der Waals surface area contributed by atoms with E-state index >= 15 is 0 Å². The van der Waals surface area contributed by atoms with Crippen LogP contribution in [-0.4, -0.2) is 31.4 Å². The van der Waals surface area contributed by atoms with Gasteiger partial charge in [0.2, 0.25) is 0 Å². The molecule has 5 rings (SSSR count). The number of allylic oxidation sites excluding steroid dienone is 1. The number of thiazole rings is 1. The maximum atomic E-state index is 14.0. The molecule has 1 aliphatic rings. The number of halogens is 2. The van der Waals surface area contributed by atoms with Gasteiger partial charge in [0.1, 0.15) is 12.4 Å². The number of methoxy groups -OCH3 is 2. The van der Waals surface area contributed by atoms with Gasteiger partial charge < -0.3 is 18.9 Å². The number of fused-ring (bicyclic) bond motifs is 1. The Bertz CT molecular complexity index is 1900. The van der Waals surface area contributed by atoms with E-state index in [9.17, 15) is 9.59 Å². The first-order chi connectivity index (χ1) is 20.7. The van der Waals surface area contributed by atoms with Crippen LogP contribution >= 0.6 is 43.2 Å². The fourth-order valence-corrected chi connectivity index (χ4v) is 6.57. The molecule has 3 aromatic carbocycles. The second kappa shape index (κ2) is 13.3. The third-order valence-electron chi connectivity index (χ3n) is 6.80. The molecule has 0 amide bonds. The van der Waals surface area contributed by atoms with Crippen molar-refractivity contribution in [2.24, 2.45) is 4.99 Å². The highest BCUT2D eigenvalue weighted by atomic mass is 79.9. The van der Waals surface area contributed by atoms with E-state index in [1.54, 1.807) is 37.7 Å². The molecule has 4 aromatic rings. The summed E-state index contributed by atoms with van der Waals surface area (Å²) in [6.45, 7) is 4.10. The topological polar surface area (TPSA) is 88.4 Å². The summed E-state index contributed by atoms with van der Waals surface area (Å²) in [6, 6.07) is 18.1. The molecule has 1 aromatic heterocycles. The smallest absolute Gasteiger partial charge is 0.338 e. The van der Waals surface area contributed by atoms with Gasteiger partial charge in [-0.05, 0) is 88.9 Å². The summed E-state index contributed by atoms with van der Waals surface area (Å²) in [6.07, 6.45) is 1.81. The largest absolute Gasteiger partial charge is 0.493 e. The van der Waals surface area contributed by atoms with Crippen molar-refractivity contribution in [1.82, 2.24) is 4.57 Å². The van der Waals surface area contributed by atoms with Crippen LogP contribution in [-0.2, 0) is 16.1 Å². The molecule has 0 N–H and O–H groups in total. The summed E-state index contributed by atoms with van der Waals surface area (Å²) >= 11 is 8.30. The van der Waals surface area contributed by atoms with Crippen molar-refractivity contribution in [3.8, 4) is 17.2 Å². The van der Waals surface area contributed by atoms with Crippen LogP contribution in [0.25, 0.3) is 6.08 Å². The van der Waals surface area contributed by atoms with Gasteiger partial charge in [-0.3, -0.25) is 9.36 Å². The summed E-state index contributed by atoms with van der Waals surface area (Å²) in [5.41, 5.74) is 3.02. The van der Waals surface area contributed by atoms with E-state index in [0.717, 1.165) is 20.1 Å². The molecule has 0 aliphatic carbocycles. The molecule has 0 saturated heterocycles. The molecule has 0 radical (unpaired) electrons. The number of carbonyl (C=O) groups is 1. The maximum absolute atomic E-state index is 14.0. The molecule has 11 heteroatoms. The molecule has 0 fully saturated rings. The predicted molar refractivity (Wildman–Crippen MR) is 173 cm³/mol. The van der Waals surface area contributed by atoms with Crippen molar-refractivity contribution in [2.45, 2.75) is 26.5 Å². The Kier molecular flexibility index (Phi) is 9.53. The van der Waals surface area contributed by atoms with Gasteiger partial charge in [0.15, 0.2) is 16.3 Å². The Morgan fingerprint density at radius 3 is 2.40 bits per heavy atom. The SMILES string of the molecule is CCOC(=O)C1=C(C)N=c2s/c(=C\c3ccc(OCc4ccc(Br)cc4)c(Br)c3)c(=O)n2[C@@H]1c1ccc(OC)c(OC)c1. The number of benzene rings is 3. The quantitative estimate of drug-likeness (QED) is 0.199. The van der Waals surface area contributed by atoms with E-state index in [4.69, 9.17) is 18.9 Å². The Morgan fingerprint density at radius 2 is 1.72 bits per heavy atom. The third-order valence-corrected chi connectivity index (χ3v) is 8.93. The Balaban J connectivity index is 1.54. The van der Waals surface area contributed by atoms with Crippen LogP contribution in [0.3, 0.4) is 0 Å². The molecule has 0 bridgehead atoms. The Morgan fingerprint density at radius 1 is 1.00 bits per heavy atom. The highest BCUT2D eigenvalue weighted by molar-refractivity contribution is 9.10. The van der Waals surface area contributed by atoms with Gasteiger partial charge in [-0.2, -0.15) is 0 Å².